The third-order valence-corrected chi connectivity index (χ3v) is 6.77. The number of phenolic OH excluding ortho intramolecular Hbond substituents is 1. The monoisotopic (exact) mass is 426 g/mol. The second-order valence-corrected chi connectivity index (χ2v) is 8.94. The average molecular weight is 427 g/mol. The standard InChI is InChI=1S/C27H29F3O/c1-2-3-4-5-17-6-8-18(9-7-17)20-13-25(29)27(26(30)14-20)21-12-19-10-11-22(31)16-23(19)24(28)15-21/h10-18,31H,2-9H2,1H3. The SMILES string of the molecule is CCCCCC1CCC(c2cc(F)c(-c3cc(F)c4cc(O)ccc4c3)c(F)c2)CC1. The van der Waals surface area contributed by atoms with Gasteiger partial charge in [-0.25, -0.2) is 13.2 Å². The lowest BCUT2D eigenvalue weighted by Gasteiger charge is -2.29. The maximum Gasteiger partial charge on any atom is 0.134 e. The number of fused-ring (bicyclic) bond motifs is 1. The molecule has 3 aromatic rings. The number of unbranched alkanes of at least 4 members (excludes halogenated alkanes) is 2. The summed E-state index contributed by atoms with van der Waals surface area (Å²) in [6.45, 7) is 2.21. The van der Waals surface area contributed by atoms with Crippen LogP contribution in [0.1, 0.15) is 69.8 Å². The number of halogens is 3. The smallest absolute Gasteiger partial charge is 0.134 e. The van der Waals surface area contributed by atoms with Gasteiger partial charge in [-0.3, -0.25) is 0 Å². The van der Waals surface area contributed by atoms with E-state index in [0.717, 1.165) is 37.7 Å². The molecular weight excluding hydrogens is 397 g/mol. The first-order valence-corrected chi connectivity index (χ1v) is 11.4. The summed E-state index contributed by atoms with van der Waals surface area (Å²) in [4.78, 5) is 0. The molecule has 3 aromatic carbocycles. The Morgan fingerprint density at radius 3 is 2.23 bits per heavy atom. The Bertz CT molecular complexity index is 1040. The van der Waals surface area contributed by atoms with E-state index in [4.69, 9.17) is 0 Å². The fraction of sp³-hybridized carbons (Fsp3) is 0.407. The number of hydrogen-bond acceptors (Lipinski definition) is 1. The summed E-state index contributed by atoms with van der Waals surface area (Å²) in [5, 5.41) is 10.3. The molecule has 0 aromatic heterocycles. The van der Waals surface area contributed by atoms with E-state index in [1.54, 1.807) is 12.1 Å². The summed E-state index contributed by atoms with van der Waals surface area (Å²) < 4.78 is 44.6. The Morgan fingerprint density at radius 2 is 1.55 bits per heavy atom. The number of phenols is 1. The van der Waals surface area contributed by atoms with Crippen molar-refractivity contribution >= 4 is 10.8 Å². The van der Waals surface area contributed by atoms with Crippen molar-refractivity contribution in [1.29, 1.82) is 0 Å². The quantitative estimate of drug-likeness (QED) is 0.392. The van der Waals surface area contributed by atoms with Crippen LogP contribution in [0.4, 0.5) is 13.2 Å². The van der Waals surface area contributed by atoms with Gasteiger partial charge in [-0.05, 0) is 90.4 Å². The molecule has 1 fully saturated rings. The van der Waals surface area contributed by atoms with Crippen LogP contribution >= 0.6 is 0 Å². The average Bonchev–Trinajstić information content (AvgIpc) is 2.74. The van der Waals surface area contributed by atoms with Crippen molar-refractivity contribution in [3.63, 3.8) is 0 Å². The van der Waals surface area contributed by atoms with E-state index in [9.17, 15) is 9.50 Å². The minimum absolute atomic E-state index is 0.0547. The zero-order valence-electron chi connectivity index (χ0n) is 17.9. The number of aromatic hydroxyl groups is 1. The molecule has 0 unspecified atom stereocenters. The Kier molecular flexibility index (Phi) is 6.54. The van der Waals surface area contributed by atoms with Gasteiger partial charge in [-0.2, -0.15) is 0 Å². The Balaban J connectivity index is 1.56. The molecule has 0 aliphatic heterocycles. The lowest BCUT2D eigenvalue weighted by atomic mass is 9.76. The van der Waals surface area contributed by atoms with Gasteiger partial charge in [-0.1, -0.05) is 38.7 Å². The zero-order chi connectivity index (χ0) is 22.0. The summed E-state index contributed by atoms with van der Waals surface area (Å²) in [5.74, 6) is -1.07. The number of hydrogen-bond donors (Lipinski definition) is 1. The maximum atomic E-state index is 15.0. The molecule has 1 N–H and O–H groups in total. The summed E-state index contributed by atoms with van der Waals surface area (Å²) in [7, 11) is 0. The maximum absolute atomic E-state index is 15.0. The minimum Gasteiger partial charge on any atom is -0.508 e. The van der Waals surface area contributed by atoms with Crippen LogP contribution in [0.25, 0.3) is 21.9 Å². The first-order chi connectivity index (χ1) is 15.0. The van der Waals surface area contributed by atoms with Gasteiger partial charge in [0.05, 0.1) is 5.56 Å². The highest BCUT2D eigenvalue weighted by Gasteiger charge is 2.24. The molecule has 0 heterocycles. The van der Waals surface area contributed by atoms with Crippen molar-refractivity contribution in [3.05, 3.63) is 65.5 Å². The fourth-order valence-electron chi connectivity index (χ4n) is 5.02. The second-order valence-electron chi connectivity index (χ2n) is 8.94. The summed E-state index contributed by atoms with van der Waals surface area (Å²) in [5.41, 5.74) is 0.666. The molecule has 164 valence electrons. The molecule has 1 aliphatic rings. The molecule has 0 radical (unpaired) electrons. The van der Waals surface area contributed by atoms with E-state index in [1.165, 1.54) is 49.9 Å². The molecule has 0 atom stereocenters. The summed E-state index contributed by atoms with van der Waals surface area (Å²) >= 11 is 0. The first kappa shape index (κ1) is 21.7. The molecule has 4 rings (SSSR count). The van der Waals surface area contributed by atoms with Crippen LogP contribution in [0.2, 0.25) is 0 Å². The van der Waals surface area contributed by atoms with Gasteiger partial charge < -0.3 is 5.11 Å². The number of rotatable bonds is 6. The molecule has 0 saturated heterocycles. The van der Waals surface area contributed by atoms with E-state index in [0.29, 0.717) is 10.9 Å². The van der Waals surface area contributed by atoms with Gasteiger partial charge in [0.15, 0.2) is 0 Å². The first-order valence-electron chi connectivity index (χ1n) is 11.4. The van der Waals surface area contributed by atoms with Gasteiger partial charge in [0.2, 0.25) is 0 Å². The third-order valence-electron chi connectivity index (χ3n) is 6.77. The van der Waals surface area contributed by atoms with Gasteiger partial charge in [0.25, 0.3) is 0 Å². The molecule has 1 aliphatic carbocycles. The van der Waals surface area contributed by atoms with E-state index in [1.807, 2.05) is 0 Å². The lowest BCUT2D eigenvalue weighted by molar-refractivity contribution is 0.302. The molecule has 1 saturated carbocycles. The Labute approximate surface area is 181 Å². The predicted octanol–water partition coefficient (Wildman–Crippen LogP) is 8.48. The summed E-state index contributed by atoms with van der Waals surface area (Å²) in [6.07, 6.45) is 9.17. The van der Waals surface area contributed by atoms with Crippen LogP contribution in [-0.2, 0) is 0 Å². The van der Waals surface area contributed by atoms with Gasteiger partial charge in [0.1, 0.15) is 23.2 Å². The molecule has 0 amide bonds. The van der Waals surface area contributed by atoms with Crippen molar-refractivity contribution in [2.45, 2.75) is 64.2 Å². The van der Waals surface area contributed by atoms with Gasteiger partial charge in [-0.15, -0.1) is 0 Å². The summed E-state index contributed by atoms with van der Waals surface area (Å²) in [6, 6.07) is 9.83. The van der Waals surface area contributed by atoms with Crippen LogP contribution in [0.15, 0.2) is 42.5 Å². The van der Waals surface area contributed by atoms with E-state index < -0.39 is 17.5 Å². The van der Waals surface area contributed by atoms with E-state index >= 15 is 8.78 Å². The lowest BCUT2D eigenvalue weighted by Crippen LogP contribution is -2.14. The fourth-order valence-corrected chi connectivity index (χ4v) is 5.02. The van der Waals surface area contributed by atoms with Crippen LogP contribution in [0, 0.1) is 23.4 Å². The number of benzene rings is 3. The molecule has 1 nitrogen and oxygen atoms in total. The van der Waals surface area contributed by atoms with Crippen LogP contribution in [0.3, 0.4) is 0 Å². The normalized spacial score (nSPS) is 19.1. The largest absolute Gasteiger partial charge is 0.508 e. The molecule has 0 bridgehead atoms. The third kappa shape index (κ3) is 4.73. The van der Waals surface area contributed by atoms with Gasteiger partial charge >= 0.3 is 0 Å². The zero-order valence-corrected chi connectivity index (χ0v) is 17.9. The highest BCUT2D eigenvalue weighted by atomic mass is 19.1. The molecular formula is C27H29F3O. The topological polar surface area (TPSA) is 20.2 Å². The second kappa shape index (κ2) is 9.33. The Hall–Kier alpha value is -2.49. The van der Waals surface area contributed by atoms with Crippen molar-refractivity contribution in [2.24, 2.45) is 5.92 Å². The van der Waals surface area contributed by atoms with Crippen LogP contribution in [-0.4, -0.2) is 5.11 Å². The Morgan fingerprint density at radius 1 is 0.839 bits per heavy atom. The van der Waals surface area contributed by atoms with Crippen molar-refractivity contribution in [2.75, 3.05) is 0 Å². The van der Waals surface area contributed by atoms with E-state index in [-0.39, 0.29) is 28.2 Å². The molecule has 0 spiro atoms. The highest BCUT2D eigenvalue weighted by Crippen LogP contribution is 2.40. The van der Waals surface area contributed by atoms with Crippen LogP contribution < -0.4 is 0 Å². The van der Waals surface area contributed by atoms with Crippen molar-refractivity contribution in [1.82, 2.24) is 0 Å². The van der Waals surface area contributed by atoms with E-state index in [2.05, 4.69) is 6.92 Å². The van der Waals surface area contributed by atoms with Crippen molar-refractivity contribution in [3.8, 4) is 16.9 Å². The van der Waals surface area contributed by atoms with Gasteiger partial charge in [0, 0.05) is 5.39 Å². The minimum atomic E-state index is -0.655. The van der Waals surface area contributed by atoms with Crippen LogP contribution in [0.5, 0.6) is 5.75 Å². The highest BCUT2D eigenvalue weighted by molar-refractivity contribution is 5.89. The van der Waals surface area contributed by atoms with Crippen molar-refractivity contribution < 1.29 is 18.3 Å². The molecule has 31 heavy (non-hydrogen) atoms. The predicted molar refractivity (Wildman–Crippen MR) is 120 cm³/mol. The molecule has 4 heteroatoms.